The Morgan fingerprint density at radius 1 is 0.435 bits per heavy atom. The molecule has 0 unspecified atom stereocenters. The van der Waals surface area contributed by atoms with Gasteiger partial charge in [0, 0.05) is 59.1 Å². The third kappa shape index (κ3) is 3.65. The second kappa shape index (κ2) is 9.83. The van der Waals surface area contributed by atoms with Crippen molar-refractivity contribution in [2.24, 2.45) is 0 Å². The van der Waals surface area contributed by atoms with Crippen molar-refractivity contribution in [2.75, 3.05) is 4.90 Å². The van der Waals surface area contributed by atoms with E-state index in [1.54, 1.807) is 0 Å². The zero-order valence-electron chi connectivity index (χ0n) is 24.7. The molecule has 0 saturated heterocycles. The fraction of sp³-hybridized carbons (Fsp3) is 0. The van der Waals surface area contributed by atoms with Crippen LogP contribution in [0.4, 0.5) is 17.1 Å². The number of fused-ring (bicyclic) bond motifs is 11. The molecule has 0 bridgehead atoms. The lowest BCUT2D eigenvalue weighted by atomic mass is 10.1. The molecule has 7 aromatic carbocycles. The van der Waals surface area contributed by atoms with Crippen molar-refractivity contribution in [1.29, 1.82) is 0 Å². The van der Waals surface area contributed by atoms with Crippen molar-refractivity contribution >= 4 is 92.3 Å². The second-order valence-corrected chi connectivity index (χ2v) is 12.8. The van der Waals surface area contributed by atoms with Gasteiger partial charge >= 0.3 is 0 Å². The standard InChI is InChI=1S/C42H26N2OS/c1-4-12-27(13-5-1)43(28-14-6-2-7-15-28)30-20-23-35-34(26-30)39-36(44(35)29-16-8-3-9-17-29)24-21-31-32-22-25-38-40(42(32)45-41(31)39)33-18-10-11-19-37(33)46-38/h1-26H. The Bertz CT molecular complexity index is 2700. The Labute approximate surface area is 268 Å². The topological polar surface area (TPSA) is 21.3 Å². The van der Waals surface area contributed by atoms with E-state index in [1.807, 2.05) is 11.3 Å². The fourth-order valence-electron chi connectivity index (χ4n) is 7.19. The van der Waals surface area contributed by atoms with Crippen LogP contribution in [0.25, 0.3) is 69.6 Å². The smallest absolute Gasteiger partial charge is 0.145 e. The first-order valence-corrected chi connectivity index (χ1v) is 16.3. The van der Waals surface area contributed by atoms with Gasteiger partial charge in [0.25, 0.3) is 0 Å². The summed E-state index contributed by atoms with van der Waals surface area (Å²) in [5.41, 5.74) is 8.60. The summed E-state index contributed by atoms with van der Waals surface area (Å²) in [5.74, 6) is 0. The molecule has 10 rings (SSSR count). The summed E-state index contributed by atoms with van der Waals surface area (Å²) in [5, 5.41) is 7.03. The van der Waals surface area contributed by atoms with Crippen molar-refractivity contribution in [3.8, 4) is 5.69 Å². The van der Waals surface area contributed by atoms with Gasteiger partial charge in [-0.05, 0) is 84.9 Å². The molecule has 0 fully saturated rings. The van der Waals surface area contributed by atoms with Crippen molar-refractivity contribution in [3.63, 3.8) is 0 Å². The first-order valence-electron chi connectivity index (χ1n) is 15.5. The van der Waals surface area contributed by atoms with E-state index in [2.05, 4.69) is 167 Å². The highest BCUT2D eigenvalue weighted by Gasteiger charge is 2.22. The Hall–Kier alpha value is -5.84. The maximum Gasteiger partial charge on any atom is 0.145 e. The number of aromatic nitrogens is 1. The Morgan fingerprint density at radius 3 is 1.78 bits per heavy atom. The van der Waals surface area contributed by atoms with Crippen LogP contribution in [0.5, 0.6) is 0 Å². The van der Waals surface area contributed by atoms with E-state index in [0.29, 0.717) is 0 Å². The zero-order valence-corrected chi connectivity index (χ0v) is 25.5. The largest absolute Gasteiger partial charge is 0.455 e. The lowest BCUT2D eigenvalue weighted by Crippen LogP contribution is -2.09. The normalized spacial score (nSPS) is 11.9. The fourth-order valence-corrected chi connectivity index (χ4v) is 8.29. The summed E-state index contributed by atoms with van der Waals surface area (Å²) in [7, 11) is 0. The molecule has 0 N–H and O–H groups in total. The summed E-state index contributed by atoms with van der Waals surface area (Å²) >= 11 is 1.83. The van der Waals surface area contributed by atoms with E-state index < -0.39 is 0 Å². The van der Waals surface area contributed by atoms with E-state index in [9.17, 15) is 0 Å². The van der Waals surface area contributed by atoms with Crippen molar-refractivity contribution < 1.29 is 4.42 Å². The molecule has 0 amide bonds. The molecule has 0 aliphatic rings. The molecule has 0 spiro atoms. The van der Waals surface area contributed by atoms with E-state index in [0.717, 1.165) is 66.5 Å². The van der Waals surface area contributed by atoms with Crippen LogP contribution >= 0.6 is 11.3 Å². The molecule has 4 heteroatoms. The second-order valence-electron chi connectivity index (χ2n) is 11.7. The highest BCUT2D eigenvalue weighted by molar-refractivity contribution is 7.26. The Balaban J connectivity index is 1.34. The summed E-state index contributed by atoms with van der Waals surface area (Å²) in [6.07, 6.45) is 0. The zero-order chi connectivity index (χ0) is 30.2. The van der Waals surface area contributed by atoms with Gasteiger partial charge in [-0.2, -0.15) is 0 Å². The minimum atomic E-state index is 0.929. The molecular formula is C42H26N2OS. The number of para-hydroxylation sites is 3. The first-order chi connectivity index (χ1) is 22.8. The molecule has 0 aliphatic heterocycles. The van der Waals surface area contributed by atoms with Gasteiger partial charge in [-0.1, -0.05) is 72.8 Å². The van der Waals surface area contributed by atoms with Gasteiger partial charge in [0.2, 0.25) is 0 Å². The maximum atomic E-state index is 7.05. The molecule has 3 nitrogen and oxygen atoms in total. The summed E-state index contributed by atoms with van der Waals surface area (Å²) in [6, 6.07) is 56.3. The number of thiophene rings is 1. The van der Waals surface area contributed by atoms with Crippen molar-refractivity contribution in [2.45, 2.75) is 0 Å². The van der Waals surface area contributed by atoms with Crippen molar-refractivity contribution in [3.05, 3.63) is 158 Å². The maximum absolute atomic E-state index is 7.05. The van der Waals surface area contributed by atoms with Gasteiger partial charge in [0.1, 0.15) is 11.2 Å². The number of furan rings is 1. The third-order valence-corrected chi connectivity index (χ3v) is 10.3. The Morgan fingerprint density at radius 2 is 1.04 bits per heavy atom. The van der Waals surface area contributed by atoms with Crippen LogP contribution in [0.15, 0.2) is 162 Å². The molecule has 0 radical (unpaired) electrons. The van der Waals surface area contributed by atoms with Crippen LogP contribution in [0.2, 0.25) is 0 Å². The molecule has 3 heterocycles. The SMILES string of the molecule is c1ccc(N(c2ccccc2)c2ccc3c(c2)c2c4oc5c(ccc6sc7ccccc7c65)c4ccc2n3-c2ccccc2)cc1. The number of rotatable bonds is 4. The summed E-state index contributed by atoms with van der Waals surface area (Å²) < 4.78 is 11.9. The van der Waals surface area contributed by atoms with Crippen LogP contribution < -0.4 is 4.90 Å². The van der Waals surface area contributed by atoms with Crippen LogP contribution in [-0.2, 0) is 0 Å². The predicted molar refractivity (Wildman–Crippen MR) is 196 cm³/mol. The summed E-state index contributed by atoms with van der Waals surface area (Å²) in [6.45, 7) is 0. The van der Waals surface area contributed by atoms with Gasteiger partial charge in [-0.25, -0.2) is 0 Å². The summed E-state index contributed by atoms with van der Waals surface area (Å²) in [4.78, 5) is 2.32. The molecule has 46 heavy (non-hydrogen) atoms. The number of anilines is 3. The molecule has 0 aliphatic carbocycles. The molecule has 216 valence electrons. The lowest BCUT2D eigenvalue weighted by Gasteiger charge is -2.25. The number of benzene rings is 7. The molecular weight excluding hydrogens is 581 g/mol. The average Bonchev–Trinajstić information content (AvgIpc) is 3.79. The van der Waals surface area contributed by atoms with Gasteiger partial charge in [0.05, 0.1) is 16.4 Å². The van der Waals surface area contributed by atoms with Gasteiger partial charge < -0.3 is 13.9 Å². The van der Waals surface area contributed by atoms with Crippen LogP contribution in [0.1, 0.15) is 0 Å². The first kappa shape index (κ1) is 25.5. The van der Waals surface area contributed by atoms with Gasteiger partial charge in [-0.3, -0.25) is 0 Å². The van der Waals surface area contributed by atoms with Crippen LogP contribution in [0.3, 0.4) is 0 Å². The van der Waals surface area contributed by atoms with Gasteiger partial charge in [0.15, 0.2) is 0 Å². The predicted octanol–water partition coefficient (Wildman–Crippen LogP) is 12.5. The van der Waals surface area contributed by atoms with E-state index in [4.69, 9.17) is 4.42 Å². The lowest BCUT2D eigenvalue weighted by molar-refractivity contribution is 0.677. The monoisotopic (exact) mass is 606 g/mol. The van der Waals surface area contributed by atoms with Crippen LogP contribution in [0, 0.1) is 0 Å². The van der Waals surface area contributed by atoms with Gasteiger partial charge in [-0.15, -0.1) is 11.3 Å². The van der Waals surface area contributed by atoms with E-state index >= 15 is 0 Å². The quantitative estimate of drug-likeness (QED) is 0.199. The molecule has 0 saturated carbocycles. The number of nitrogens with zero attached hydrogens (tertiary/aromatic N) is 2. The third-order valence-electron chi connectivity index (χ3n) is 9.16. The molecule has 0 atom stereocenters. The highest BCUT2D eigenvalue weighted by atomic mass is 32.1. The Kier molecular flexibility index (Phi) is 5.45. The molecule has 10 aromatic rings. The number of hydrogen-bond donors (Lipinski definition) is 0. The minimum Gasteiger partial charge on any atom is -0.455 e. The molecule has 3 aromatic heterocycles. The van der Waals surface area contributed by atoms with E-state index in [1.165, 1.54) is 20.2 Å². The van der Waals surface area contributed by atoms with Crippen LogP contribution in [-0.4, -0.2) is 4.57 Å². The van der Waals surface area contributed by atoms with E-state index in [-0.39, 0.29) is 0 Å². The average molecular weight is 607 g/mol. The highest BCUT2D eigenvalue weighted by Crippen LogP contribution is 2.46. The van der Waals surface area contributed by atoms with Crippen molar-refractivity contribution in [1.82, 2.24) is 4.57 Å². The minimum absolute atomic E-state index is 0.929. The number of hydrogen-bond acceptors (Lipinski definition) is 3.